The summed E-state index contributed by atoms with van der Waals surface area (Å²) >= 11 is 0. The quantitative estimate of drug-likeness (QED) is 0.0515. The summed E-state index contributed by atoms with van der Waals surface area (Å²) in [6, 6.07) is -3.17. The van der Waals surface area contributed by atoms with Gasteiger partial charge in [0.2, 0.25) is 0 Å². The van der Waals surface area contributed by atoms with Crippen molar-refractivity contribution in [1.29, 1.82) is 0 Å². The molecule has 0 fully saturated rings. The number of hydrogen-bond acceptors (Lipinski definition) is 3. The number of quaternary nitrogens is 1. The first-order valence-corrected chi connectivity index (χ1v) is 18.3. The highest BCUT2D eigenvalue weighted by molar-refractivity contribution is 5.78. The molecule has 0 aromatic rings. The van der Waals surface area contributed by atoms with Crippen molar-refractivity contribution in [3.05, 3.63) is 0 Å². The second-order valence-corrected chi connectivity index (χ2v) is 12.9. The van der Waals surface area contributed by atoms with E-state index >= 15 is 0 Å². The molecule has 254 valence electrons. The number of hydrogen-bond donors (Lipinski definition) is 3. The van der Waals surface area contributed by atoms with E-state index in [1.54, 1.807) is 20.8 Å². The number of carboxylic acid groups (broad SMARTS) is 3. The maximum absolute atomic E-state index is 12.3. The van der Waals surface area contributed by atoms with Crippen molar-refractivity contribution in [2.45, 2.75) is 206 Å². The van der Waals surface area contributed by atoms with Gasteiger partial charge in [-0.05, 0) is 12.8 Å². The molecule has 0 aromatic heterocycles. The number of carboxylic acids is 3. The van der Waals surface area contributed by atoms with Crippen LogP contribution in [-0.4, -0.2) is 62.4 Å². The Labute approximate surface area is 264 Å². The third-order valence-electron chi connectivity index (χ3n) is 9.66. The highest BCUT2D eigenvalue weighted by Crippen LogP contribution is 2.32. The normalized spacial score (nSPS) is 15.1. The summed E-state index contributed by atoms with van der Waals surface area (Å²) < 4.78 is -0.400. The number of rotatable bonds is 32. The second kappa shape index (κ2) is 26.7. The molecule has 0 aliphatic carbocycles. The van der Waals surface area contributed by atoms with Crippen molar-refractivity contribution in [3.63, 3.8) is 0 Å². The van der Waals surface area contributed by atoms with Gasteiger partial charge in [-0.2, -0.15) is 0 Å². The van der Waals surface area contributed by atoms with Crippen molar-refractivity contribution < 1.29 is 34.2 Å². The first-order chi connectivity index (χ1) is 20.7. The largest absolute Gasteiger partial charge is 0.477 e. The second-order valence-electron chi connectivity index (χ2n) is 12.9. The minimum atomic E-state index is -1.11. The van der Waals surface area contributed by atoms with E-state index in [0.29, 0.717) is 6.42 Å². The van der Waals surface area contributed by atoms with E-state index in [4.69, 9.17) is 0 Å². The minimum absolute atomic E-state index is 0.197. The highest BCUT2D eigenvalue weighted by Gasteiger charge is 2.55. The van der Waals surface area contributed by atoms with E-state index in [0.717, 1.165) is 19.3 Å². The van der Waals surface area contributed by atoms with Gasteiger partial charge in [0.15, 0.2) is 18.1 Å². The number of nitrogens with zero attached hydrogens (tertiary/aromatic N) is 1. The van der Waals surface area contributed by atoms with Crippen LogP contribution >= 0.6 is 0 Å². The van der Waals surface area contributed by atoms with Crippen molar-refractivity contribution in [2.75, 3.05) is 6.54 Å². The van der Waals surface area contributed by atoms with Crippen molar-refractivity contribution in [2.24, 2.45) is 0 Å². The lowest BCUT2D eigenvalue weighted by atomic mass is 9.93. The molecule has 3 atom stereocenters. The zero-order valence-electron chi connectivity index (χ0n) is 28.6. The van der Waals surface area contributed by atoms with Crippen LogP contribution in [0.2, 0.25) is 0 Å². The Kier molecular flexibility index (Phi) is 25.7. The van der Waals surface area contributed by atoms with Gasteiger partial charge < -0.3 is 15.3 Å². The van der Waals surface area contributed by atoms with E-state index in [2.05, 4.69) is 6.92 Å². The molecule has 3 unspecified atom stereocenters. The fourth-order valence-corrected chi connectivity index (χ4v) is 7.27. The van der Waals surface area contributed by atoms with E-state index in [-0.39, 0.29) is 25.8 Å². The fraction of sp³-hybridized carbons (Fsp3) is 0.917. The molecule has 7 nitrogen and oxygen atoms in total. The SMILES string of the molecule is CCCCCCCCCCCCCCCCCCCCCCCC[N+](C(CC)C(=O)O)(C(CC)C(=O)O)C(CC)C(=O)O. The van der Waals surface area contributed by atoms with Crippen LogP contribution in [0, 0.1) is 0 Å². The molecule has 0 heterocycles. The van der Waals surface area contributed by atoms with Crippen LogP contribution in [0.3, 0.4) is 0 Å². The molecule has 0 bridgehead atoms. The fourth-order valence-electron chi connectivity index (χ4n) is 7.27. The molecule has 0 radical (unpaired) electrons. The Bertz CT molecular complexity index is 657. The van der Waals surface area contributed by atoms with Gasteiger partial charge >= 0.3 is 17.9 Å². The summed E-state index contributed by atoms with van der Waals surface area (Å²) in [5, 5.41) is 30.1. The van der Waals surface area contributed by atoms with Gasteiger partial charge in [-0.15, -0.1) is 0 Å². The van der Waals surface area contributed by atoms with Crippen LogP contribution in [0.1, 0.15) is 188 Å². The van der Waals surface area contributed by atoms with Gasteiger partial charge in [-0.3, -0.25) is 4.48 Å². The molecule has 0 spiro atoms. The van der Waals surface area contributed by atoms with Crippen LogP contribution in [-0.2, 0) is 14.4 Å². The monoisotopic (exact) mass is 613 g/mol. The average molecular weight is 613 g/mol. The van der Waals surface area contributed by atoms with Crippen LogP contribution in [0.5, 0.6) is 0 Å². The van der Waals surface area contributed by atoms with Gasteiger partial charge in [0, 0.05) is 19.3 Å². The summed E-state index contributed by atoms with van der Waals surface area (Å²) in [5.41, 5.74) is 0. The number of carbonyl (C=O) groups is 3. The van der Waals surface area contributed by atoms with Crippen LogP contribution in [0.4, 0.5) is 0 Å². The zero-order chi connectivity index (χ0) is 32.3. The molecule has 0 aliphatic heterocycles. The standard InChI is InChI=1S/C36H69NO6/c1-5-9-10-11-12-13-14-15-16-17-18-19-20-21-22-23-24-25-26-27-28-29-30-37(31(6-2)34(38)39,32(7-3)35(40)41)33(8-4)36(42)43/h31-33H,5-30H2,1-4H3,(H2-,38,39,40,41,42,43)/p+1. The smallest absolute Gasteiger partial charge is 0.362 e. The first-order valence-electron chi connectivity index (χ1n) is 18.3. The van der Waals surface area contributed by atoms with Crippen molar-refractivity contribution in [3.8, 4) is 0 Å². The molecule has 43 heavy (non-hydrogen) atoms. The summed E-state index contributed by atoms with van der Waals surface area (Å²) in [4.78, 5) is 36.9. The summed E-state index contributed by atoms with van der Waals surface area (Å²) in [6.45, 7) is 7.69. The molecule has 0 saturated carbocycles. The lowest BCUT2D eigenvalue weighted by molar-refractivity contribution is -0.973. The van der Waals surface area contributed by atoms with E-state index in [1.165, 1.54) is 116 Å². The molecular formula is C36H70NO6+. The molecule has 7 heteroatoms. The maximum atomic E-state index is 12.3. The van der Waals surface area contributed by atoms with Gasteiger partial charge in [-0.1, -0.05) is 156 Å². The lowest BCUT2D eigenvalue weighted by Crippen LogP contribution is -2.72. The van der Waals surface area contributed by atoms with Gasteiger partial charge in [0.25, 0.3) is 0 Å². The summed E-state index contributed by atoms with van der Waals surface area (Å²) in [6.07, 6.45) is 28.8. The Morgan fingerprint density at radius 1 is 0.395 bits per heavy atom. The molecular weight excluding hydrogens is 542 g/mol. The predicted octanol–water partition coefficient (Wildman–Crippen LogP) is 9.99. The van der Waals surface area contributed by atoms with Gasteiger partial charge in [0.05, 0.1) is 6.54 Å². The topological polar surface area (TPSA) is 112 Å². The summed E-state index contributed by atoms with van der Waals surface area (Å²) in [5.74, 6) is -3.33. The molecule has 0 rings (SSSR count). The highest BCUT2D eigenvalue weighted by atomic mass is 16.4. The lowest BCUT2D eigenvalue weighted by Gasteiger charge is -2.49. The maximum Gasteiger partial charge on any atom is 0.362 e. The van der Waals surface area contributed by atoms with E-state index < -0.39 is 40.5 Å². The Morgan fingerprint density at radius 2 is 0.605 bits per heavy atom. The third-order valence-corrected chi connectivity index (χ3v) is 9.66. The minimum Gasteiger partial charge on any atom is -0.477 e. The Morgan fingerprint density at radius 3 is 0.791 bits per heavy atom. The van der Waals surface area contributed by atoms with E-state index in [9.17, 15) is 29.7 Å². The van der Waals surface area contributed by atoms with Gasteiger partial charge in [-0.25, -0.2) is 14.4 Å². The van der Waals surface area contributed by atoms with Crippen LogP contribution < -0.4 is 0 Å². The summed E-state index contributed by atoms with van der Waals surface area (Å²) in [7, 11) is 0. The third kappa shape index (κ3) is 16.9. The number of aliphatic carboxylic acids is 3. The number of unbranched alkanes of at least 4 members (excludes halogenated alkanes) is 21. The molecule has 0 aliphatic rings. The Balaban J connectivity index is 4.24. The molecule has 3 N–H and O–H groups in total. The first kappa shape index (κ1) is 41.4. The predicted molar refractivity (Wildman–Crippen MR) is 178 cm³/mol. The molecule has 0 saturated heterocycles. The van der Waals surface area contributed by atoms with Crippen molar-refractivity contribution >= 4 is 17.9 Å². The van der Waals surface area contributed by atoms with Crippen LogP contribution in [0.25, 0.3) is 0 Å². The average Bonchev–Trinajstić information content (AvgIpc) is 2.96. The molecule has 0 aromatic carbocycles. The van der Waals surface area contributed by atoms with Crippen LogP contribution in [0.15, 0.2) is 0 Å². The van der Waals surface area contributed by atoms with Crippen molar-refractivity contribution in [1.82, 2.24) is 0 Å². The van der Waals surface area contributed by atoms with Gasteiger partial charge in [0.1, 0.15) is 0 Å². The molecule has 0 amide bonds. The zero-order valence-corrected chi connectivity index (χ0v) is 28.6. The Hall–Kier alpha value is -1.63. The van der Waals surface area contributed by atoms with E-state index in [1.807, 2.05) is 0 Å².